The van der Waals surface area contributed by atoms with Crippen LogP contribution in [-0.4, -0.2) is 57.6 Å². The van der Waals surface area contributed by atoms with Gasteiger partial charge in [-0.25, -0.2) is 8.42 Å². The lowest BCUT2D eigenvalue weighted by Gasteiger charge is -2.29. The summed E-state index contributed by atoms with van der Waals surface area (Å²) in [5.74, 6) is 0.204. The minimum atomic E-state index is -3.57. The van der Waals surface area contributed by atoms with Gasteiger partial charge in [0.1, 0.15) is 11.8 Å². The van der Waals surface area contributed by atoms with Crippen LogP contribution in [0.2, 0.25) is 5.02 Å². The van der Waals surface area contributed by atoms with Gasteiger partial charge in [-0.15, -0.1) is 0 Å². The molecule has 0 aromatic heterocycles. The Labute approximate surface area is 206 Å². The first-order valence-corrected chi connectivity index (χ1v) is 13.2. The van der Waals surface area contributed by atoms with Gasteiger partial charge in [-0.05, 0) is 56.2 Å². The molecule has 2 aromatic carbocycles. The number of nitrogens with zero attached hydrogens (tertiary/aromatic N) is 2. The summed E-state index contributed by atoms with van der Waals surface area (Å²) >= 11 is 6.02. The summed E-state index contributed by atoms with van der Waals surface area (Å²) in [7, 11) is -2.00. The Morgan fingerprint density at radius 2 is 1.82 bits per heavy atom. The van der Waals surface area contributed by atoms with Crippen LogP contribution in [0.15, 0.2) is 48.5 Å². The van der Waals surface area contributed by atoms with Gasteiger partial charge < -0.3 is 15.0 Å². The highest BCUT2D eigenvalue weighted by Crippen LogP contribution is 2.23. The second-order valence-corrected chi connectivity index (χ2v) is 10.2. The molecule has 0 aliphatic heterocycles. The largest absolute Gasteiger partial charge is 0.497 e. The number of amides is 2. The van der Waals surface area contributed by atoms with E-state index in [9.17, 15) is 18.0 Å². The molecule has 2 aromatic rings. The van der Waals surface area contributed by atoms with Crippen LogP contribution in [-0.2, 0) is 26.2 Å². The van der Waals surface area contributed by atoms with E-state index in [-0.39, 0.29) is 37.7 Å². The van der Waals surface area contributed by atoms with Crippen molar-refractivity contribution in [1.29, 1.82) is 0 Å². The predicted octanol–water partition coefficient (Wildman–Crippen LogP) is 3.45. The highest BCUT2D eigenvalue weighted by atomic mass is 35.5. The number of ether oxygens (including phenoxy) is 1. The van der Waals surface area contributed by atoms with Crippen LogP contribution in [0, 0.1) is 0 Å². The van der Waals surface area contributed by atoms with Gasteiger partial charge in [0.25, 0.3) is 0 Å². The Kier molecular flexibility index (Phi) is 10.2. The van der Waals surface area contributed by atoms with Crippen LogP contribution in [0.1, 0.15) is 32.3 Å². The molecule has 0 fully saturated rings. The maximum atomic E-state index is 13.2. The van der Waals surface area contributed by atoms with E-state index in [0.717, 1.165) is 11.8 Å². The molecule has 0 radical (unpaired) electrons. The highest BCUT2D eigenvalue weighted by Gasteiger charge is 2.26. The normalized spacial score (nSPS) is 12.0. The van der Waals surface area contributed by atoms with Crippen molar-refractivity contribution in [2.24, 2.45) is 0 Å². The lowest BCUT2D eigenvalue weighted by molar-refractivity contribution is -0.140. The van der Waals surface area contributed by atoms with Crippen molar-refractivity contribution in [3.05, 3.63) is 59.1 Å². The summed E-state index contributed by atoms with van der Waals surface area (Å²) in [6.07, 6.45) is 1.47. The Balaban J connectivity index is 2.15. The summed E-state index contributed by atoms with van der Waals surface area (Å²) in [6, 6.07) is 13.1. The number of anilines is 1. The van der Waals surface area contributed by atoms with E-state index in [0.29, 0.717) is 23.0 Å². The van der Waals surface area contributed by atoms with Gasteiger partial charge in [-0.3, -0.25) is 13.9 Å². The number of likely N-dealkylation sites (N-methyl/N-ethyl adjacent to an activating group) is 1. The first-order chi connectivity index (χ1) is 16.1. The fourth-order valence-corrected chi connectivity index (χ4v) is 4.61. The van der Waals surface area contributed by atoms with Crippen LogP contribution in [0.3, 0.4) is 0 Å². The highest BCUT2D eigenvalue weighted by molar-refractivity contribution is 7.92. The van der Waals surface area contributed by atoms with Gasteiger partial charge in [-0.2, -0.15) is 0 Å². The Bertz CT molecular complexity index is 1080. The summed E-state index contributed by atoms with van der Waals surface area (Å²) in [5.41, 5.74) is 1.29. The van der Waals surface area contributed by atoms with E-state index < -0.39 is 16.1 Å². The SMILES string of the molecule is CCNC(=O)[C@@H](C)N(Cc1ccc(OC)cc1)C(=O)CCCN(c1cccc(Cl)c1)S(C)(=O)=O. The van der Waals surface area contributed by atoms with Crippen molar-refractivity contribution in [2.45, 2.75) is 39.3 Å². The van der Waals surface area contributed by atoms with Gasteiger partial charge in [0.2, 0.25) is 21.8 Å². The molecule has 0 unspecified atom stereocenters. The number of hydrogen-bond acceptors (Lipinski definition) is 5. The maximum absolute atomic E-state index is 13.2. The van der Waals surface area contributed by atoms with E-state index >= 15 is 0 Å². The lowest BCUT2D eigenvalue weighted by atomic mass is 10.1. The van der Waals surface area contributed by atoms with Crippen molar-refractivity contribution in [1.82, 2.24) is 10.2 Å². The number of hydrogen-bond donors (Lipinski definition) is 1. The summed E-state index contributed by atoms with van der Waals surface area (Å²) in [6.45, 7) is 4.30. The standard InChI is InChI=1S/C24H32ClN3O5S/c1-5-26-24(30)18(2)27(17-19-11-13-22(33-3)14-12-19)23(29)10-7-15-28(34(4,31)32)21-9-6-8-20(25)16-21/h6,8-9,11-14,16,18H,5,7,10,15,17H2,1-4H3,(H,26,30)/t18-/m1/s1. The van der Waals surface area contributed by atoms with Crippen LogP contribution in [0.5, 0.6) is 5.75 Å². The molecular weight excluding hydrogens is 478 g/mol. The number of carbonyl (C=O) groups excluding carboxylic acids is 2. The number of carbonyl (C=O) groups is 2. The van der Waals surface area contributed by atoms with Crippen molar-refractivity contribution in [3.63, 3.8) is 0 Å². The maximum Gasteiger partial charge on any atom is 0.242 e. The van der Waals surface area contributed by atoms with Gasteiger partial charge in [0.05, 0.1) is 19.1 Å². The zero-order chi connectivity index (χ0) is 25.3. The summed E-state index contributed by atoms with van der Waals surface area (Å²) in [4.78, 5) is 27.2. The van der Waals surface area contributed by atoms with Crippen molar-refractivity contribution in [3.8, 4) is 5.75 Å². The number of halogens is 1. The Morgan fingerprint density at radius 3 is 2.38 bits per heavy atom. The molecule has 2 amide bonds. The number of nitrogens with one attached hydrogen (secondary N) is 1. The smallest absolute Gasteiger partial charge is 0.242 e. The fraction of sp³-hybridized carbons (Fsp3) is 0.417. The molecule has 10 heteroatoms. The predicted molar refractivity (Wildman–Crippen MR) is 135 cm³/mol. The van der Waals surface area contributed by atoms with Crippen molar-refractivity contribution < 1.29 is 22.7 Å². The topological polar surface area (TPSA) is 96.0 Å². The van der Waals surface area contributed by atoms with Crippen LogP contribution in [0.4, 0.5) is 5.69 Å². The first kappa shape index (κ1) is 27.5. The summed E-state index contributed by atoms with van der Waals surface area (Å²) < 4.78 is 31.1. The zero-order valence-corrected chi connectivity index (χ0v) is 21.5. The molecule has 186 valence electrons. The van der Waals surface area contributed by atoms with Crippen molar-refractivity contribution in [2.75, 3.05) is 30.8 Å². The van der Waals surface area contributed by atoms with E-state index in [2.05, 4.69) is 5.32 Å². The molecule has 0 saturated heterocycles. The number of rotatable bonds is 12. The fourth-order valence-electron chi connectivity index (χ4n) is 3.47. The molecule has 0 bridgehead atoms. The average Bonchev–Trinajstić information content (AvgIpc) is 2.79. The summed E-state index contributed by atoms with van der Waals surface area (Å²) in [5, 5.41) is 3.17. The second-order valence-electron chi connectivity index (χ2n) is 7.86. The Morgan fingerprint density at radius 1 is 1.15 bits per heavy atom. The third kappa shape index (κ3) is 7.92. The third-order valence-electron chi connectivity index (χ3n) is 5.28. The molecule has 0 saturated carbocycles. The van der Waals surface area contributed by atoms with Gasteiger partial charge >= 0.3 is 0 Å². The molecule has 1 atom stereocenters. The molecule has 0 spiro atoms. The van der Waals surface area contributed by atoms with E-state index in [1.54, 1.807) is 50.4 Å². The zero-order valence-electron chi connectivity index (χ0n) is 20.0. The third-order valence-corrected chi connectivity index (χ3v) is 6.71. The van der Waals surface area contributed by atoms with E-state index in [1.165, 1.54) is 9.21 Å². The van der Waals surface area contributed by atoms with Gasteiger partial charge in [-0.1, -0.05) is 29.8 Å². The minimum Gasteiger partial charge on any atom is -0.497 e. The number of benzene rings is 2. The Hall–Kier alpha value is -2.78. The monoisotopic (exact) mass is 509 g/mol. The lowest BCUT2D eigenvalue weighted by Crippen LogP contribution is -2.47. The van der Waals surface area contributed by atoms with Crippen LogP contribution in [0.25, 0.3) is 0 Å². The molecule has 1 N–H and O–H groups in total. The van der Waals surface area contributed by atoms with Crippen LogP contribution < -0.4 is 14.4 Å². The minimum absolute atomic E-state index is 0.0759. The quantitative estimate of drug-likeness (QED) is 0.472. The second kappa shape index (κ2) is 12.6. The molecule has 0 aliphatic rings. The van der Waals surface area contributed by atoms with Crippen LogP contribution >= 0.6 is 11.6 Å². The van der Waals surface area contributed by atoms with Gasteiger partial charge in [0.15, 0.2) is 0 Å². The molecular formula is C24H32ClN3O5S. The average molecular weight is 510 g/mol. The molecule has 0 aliphatic carbocycles. The van der Waals surface area contributed by atoms with Gasteiger partial charge in [0, 0.05) is 31.1 Å². The number of sulfonamides is 1. The van der Waals surface area contributed by atoms with Crippen molar-refractivity contribution >= 4 is 39.1 Å². The number of methoxy groups -OCH3 is 1. The molecule has 0 heterocycles. The molecule has 34 heavy (non-hydrogen) atoms. The molecule has 8 nitrogen and oxygen atoms in total. The van der Waals surface area contributed by atoms with E-state index in [4.69, 9.17) is 16.3 Å². The van der Waals surface area contributed by atoms with E-state index in [1.807, 2.05) is 19.1 Å². The first-order valence-electron chi connectivity index (χ1n) is 11.0. The molecule has 2 rings (SSSR count).